The largest absolute Gasteiger partial charge is 0.497 e. The van der Waals surface area contributed by atoms with Gasteiger partial charge in [0, 0.05) is 18.3 Å². The minimum Gasteiger partial charge on any atom is -0.497 e. The minimum absolute atomic E-state index is 0.0791. The molecule has 1 aromatic heterocycles. The highest BCUT2D eigenvalue weighted by molar-refractivity contribution is 8.01. The van der Waals surface area contributed by atoms with Crippen LogP contribution in [0.15, 0.2) is 52.9 Å². The molecule has 3 aromatic rings. The molecule has 0 fully saturated rings. The van der Waals surface area contributed by atoms with Crippen molar-refractivity contribution in [3.8, 4) is 5.75 Å². The number of methoxy groups -OCH3 is 1. The van der Waals surface area contributed by atoms with Crippen LogP contribution in [0, 0.1) is 5.82 Å². The molecule has 2 aromatic carbocycles. The molecule has 0 aliphatic carbocycles. The summed E-state index contributed by atoms with van der Waals surface area (Å²) in [6.07, 6.45) is 0.657. The predicted molar refractivity (Wildman–Crippen MR) is 110 cm³/mol. The van der Waals surface area contributed by atoms with Crippen LogP contribution in [0.1, 0.15) is 5.56 Å². The number of carbonyl (C=O) groups excluding carboxylic acids is 1. The lowest BCUT2D eigenvalue weighted by molar-refractivity contribution is -0.118. The van der Waals surface area contributed by atoms with E-state index < -0.39 is 0 Å². The van der Waals surface area contributed by atoms with E-state index >= 15 is 0 Å². The Balaban J connectivity index is 1.41. The molecule has 0 aliphatic rings. The maximum absolute atomic E-state index is 12.9. The van der Waals surface area contributed by atoms with Gasteiger partial charge in [-0.2, -0.15) is 0 Å². The lowest BCUT2D eigenvalue weighted by atomic mass is 10.1. The monoisotopic (exact) mass is 418 g/mol. The Kier molecular flexibility index (Phi) is 7.21. The van der Waals surface area contributed by atoms with E-state index in [0.717, 1.165) is 17.0 Å². The number of thioether (sulfide) groups is 1. The second-order valence-corrected chi connectivity index (χ2v) is 7.95. The number of aromatic nitrogens is 2. The van der Waals surface area contributed by atoms with Gasteiger partial charge in [-0.3, -0.25) is 4.79 Å². The lowest BCUT2D eigenvalue weighted by Gasteiger charge is -2.04. The zero-order chi connectivity index (χ0) is 19.8. The molecule has 2 N–H and O–H groups in total. The molecule has 6 nitrogen and oxygen atoms in total. The van der Waals surface area contributed by atoms with Gasteiger partial charge in [0.2, 0.25) is 11.0 Å². The molecule has 0 aliphatic heterocycles. The third kappa shape index (κ3) is 6.21. The molecule has 0 unspecified atom stereocenters. The van der Waals surface area contributed by atoms with Gasteiger partial charge in [-0.1, -0.05) is 41.3 Å². The number of rotatable bonds is 9. The van der Waals surface area contributed by atoms with E-state index in [1.165, 1.54) is 35.2 Å². The smallest absolute Gasteiger partial charge is 0.230 e. The number of hydrogen-bond donors (Lipinski definition) is 2. The Morgan fingerprint density at radius 3 is 2.82 bits per heavy atom. The Hall–Kier alpha value is -2.65. The van der Waals surface area contributed by atoms with Crippen LogP contribution >= 0.6 is 23.1 Å². The fraction of sp³-hybridized carbons (Fsp3) is 0.211. The molecule has 146 valence electrons. The van der Waals surface area contributed by atoms with Gasteiger partial charge in [-0.05, 0) is 36.2 Å². The van der Waals surface area contributed by atoms with Gasteiger partial charge < -0.3 is 15.4 Å². The van der Waals surface area contributed by atoms with Crippen LogP contribution in [0.4, 0.5) is 15.2 Å². The third-order valence-electron chi connectivity index (χ3n) is 3.70. The van der Waals surface area contributed by atoms with Crippen molar-refractivity contribution in [1.29, 1.82) is 0 Å². The van der Waals surface area contributed by atoms with Crippen LogP contribution in [0.2, 0.25) is 0 Å². The Labute approximate surface area is 170 Å². The number of carbonyl (C=O) groups is 1. The van der Waals surface area contributed by atoms with E-state index in [2.05, 4.69) is 20.8 Å². The maximum atomic E-state index is 12.9. The van der Waals surface area contributed by atoms with Crippen molar-refractivity contribution in [1.82, 2.24) is 15.5 Å². The van der Waals surface area contributed by atoms with Crippen LogP contribution in [0.25, 0.3) is 0 Å². The number of ether oxygens (including phenoxy) is 1. The molecule has 1 heterocycles. The summed E-state index contributed by atoms with van der Waals surface area (Å²) >= 11 is 2.71. The van der Waals surface area contributed by atoms with Gasteiger partial charge in [0.15, 0.2) is 4.34 Å². The fourth-order valence-electron chi connectivity index (χ4n) is 2.32. The molecule has 9 heteroatoms. The molecular weight excluding hydrogens is 399 g/mol. The summed E-state index contributed by atoms with van der Waals surface area (Å²) in [6, 6.07) is 13.8. The molecule has 0 atom stereocenters. The summed E-state index contributed by atoms with van der Waals surface area (Å²) in [7, 11) is 1.61. The van der Waals surface area contributed by atoms with Gasteiger partial charge in [0.25, 0.3) is 0 Å². The highest BCUT2D eigenvalue weighted by atomic mass is 32.2. The van der Waals surface area contributed by atoms with E-state index in [0.29, 0.717) is 22.4 Å². The molecule has 0 spiro atoms. The van der Waals surface area contributed by atoms with Crippen molar-refractivity contribution >= 4 is 39.8 Å². The molecule has 0 bridgehead atoms. The summed E-state index contributed by atoms with van der Waals surface area (Å²) in [5, 5.41) is 14.8. The average molecular weight is 419 g/mol. The second-order valence-electron chi connectivity index (χ2n) is 5.75. The van der Waals surface area contributed by atoms with Crippen molar-refractivity contribution in [2.45, 2.75) is 10.8 Å². The quantitative estimate of drug-likeness (QED) is 0.514. The number of nitrogens with one attached hydrogen (secondary N) is 2. The molecule has 3 rings (SSSR count). The number of amides is 1. The maximum Gasteiger partial charge on any atom is 0.230 e. The Bertz CT molecular complexity index is 918. The second kappa shape index (κ2) is 10.0. The molecule has 0 radical (unpaired) electrons. The van der Waals surface area contributed by atoms with Gasteiger partial charge in [-0.15, -0.1) is 10.2 Å². The van der Waals surface area contributed by atoms with E-state index in [1.807, 2.05) is 24.3 Å². The summed E-state index contributed by atoms with van der Waals surface area (Å²) in [4.78, 5) is 12.0. The highest BCUT2D eigenvalue weighted by Crippen LogP contribution is 2.28. The zero-order valence-electron chi connectivity index (χ0n) is 15.1. The number of nitrogens with zero attached hydrogens (tertiary/aromatic N) is 2. The van der Waals surface area contributed by atoms with Crippen molar-refractivity contribution in [3.05, 3.63) is 59.9 Å². The summed E-state index contributed by atoms with van der Waals surface area (Å²) < 4.78 is 18.8. The number of benzene rings is 2. The van der Waals surface area contributed by atoms with E-state index in [4.69, 9.17) is 4.74 Å². The highest BCUT2D eigenvalue weighted by Gasteiger charge is 2.09. The first kappa shape index (κ1) is 20.1. The Morgan fingerprint density at radius 1 is 1.21 bits per heavy atom. The number of anilines is 2. The van der Waals surface area contributed by atoms with Gasteiger partial charge in [-0.25, -0.2) is 4.39 Å². The summed E-state index contributed by atoms with van der Waals surface area (Å²) in [5.74, 6) is 0.671. The van der Waals surface area contributed by atoms with Crippen molar-refractivity contribution in [3.63, 3.8) is 0 Å². The van der Waals surface area contributed by atoms with Crippen molar-refractivity contribution in [2.24, 2.45) is 0 Å². The van der Waals surface area contributed by atoms with Crippen molar-refractivity contribution in [2.75, 3.05) is 24.7 Å². The van der Waals surface area contributed by atoms with E-state index in [9.17, 15) is 9.18 Å². The third-order valence-corrected chi connectivity index (χ3v) is 5.68. The minimum atomic E-state index is -0.262. The molecule has 1 amide bonds. The molecule has 0 saturated carbocycles. The first-order chi connectivity index (χ1) is 13.6. The van der Waals surface area contributed by atoms with Crippen LogP contribution in [-0.2, 0) is 11.2 Å². The molecule has 0 saturated heterocycles. The zero-order valence-corrected chi connectivity index (χ0v) is 16.8. The topological polar surface area (TPSA) is 76.1 Å². The summed E-state index contributed by atoms with van der Waals surface area (Å²) in [6.45, 7) is 0.504. The van der Waals surface area contributed by atoms with Gasteiger partial charge in [0.1, 0.15) is 11.6 Å². The molecule has 28 heavy (non-hydrogen) atoms. The lowest BCUT2D eigenvalue weighted by Crippen LogP contribution is -2.27. The van der Waals surface area contributed by atoms with Crippen LogP contribution in [-0.4, -0.2) is 35.5 Å². The summed E-state index contributed by atoms with van der Waals surface area (Å²) in [5.41, 5.74) is 1.83. The van der Waals surface area contributed by atoms with Crippen LogP contribution in [0.5, 0.6) is 5.75 Å². The Morgan fingerprint density at radius 2 is 2.04 bits per heavy atom. The first-order valence-electron chi connectivity index (χ1n) is 8.51. The van der Waals surface area contributed by atoms with E-state index in [1.54, 1.807) is 19.2 Å². The van der Waals surface area contributed by atoms with Crippen LogP contribution < -0.4 is 15.4 Å². The predicted octanol–water partition coefficient (Wildman–Crippen LogP) is 3.88. The standard InChI is InChI=1S/C19H19FN4O2S2/c1-26-16-4-2-3-15(11-16)22-18-23-24-19(28-18)27-12-17(25)21-10-9-13-5-7-14(20)8-6-13/h2-8,11H,9-10,12H2,1H3,(H,21,25)(H,22,23). The average Bonchev–Trinajstić information content (AvgIpc) is 3.15. The number of hydrogen-bond acceptors (Lipinski definition) is 7. The molecular formula is C19H19FN4O2S2. The van der Waals surface area contributed by atoms with Crippen molar-refractivity contribution < 1.29 is 13.9 Å². The normalized spacial score (nSPS) is 10.5. The fourth-order valence-corrected chi connectivity index (χ4v) is 3.92. The SMILES string of the molecule is COc1cccc(Nc2nnc(SCC(=O)NCCc3ccc(F)cc3)s2)c1. The van der Waals surface area contributed by atoms with E-state index in [-0.39, 0.29) is 17.5 Å². The van der Waals surface area contributed by atoms with Crippen LogP contribution in [0.3, 0.4) is 0 Å². The number of halogens is 1. The first-order valence-corrected chi connectivity index (χ1v) is 10.3. The van der Waals surface area contributed by atoms with Gasteiger partial charge >= 0.3 is 0 Å². The van der Waals surface area contributed by atoms with Gasteiger partial charge in [0.05, 0.1) is 12.9 Å².